The fourth-order valence-corrected chi connectivity index (χ4v) is 3.84. The molecule has 0 saturated carbocycles. The fourth-order valence-electron chi connectivity index (χ4n) is 2.74. The molecule has 1 atom stereocenters. The van der Waals surface area contributed by atoms with Crippen LogP contribution in [0.15, 0.2) is 12.4 Å². The summed E-state index contributed by atoms with van der Waals surface area (Å²) in [6.45, 7) is 6.17. The molecule has 1 saturated heterocycles. The summed E-state index contributed by atoms with van der Waals surface area (Å²) in [4.78, 5) is 23.0. The summed E-state index contributed by atoms with van der Waals surface area (Å²) in [5, 5.41) is 11.2. The average Bonchev–Trinajstić information content (AvgIpc) is 3.18. The number of nitrogens with zero attached hydrogens (tertiary/aromatic N) is 4. The van der Waals surface area contributed by atoms with Gasteiger partial charge in [0.05, 0.1) is 18.4 Å². The number of likely N-dealkylation sites (tertiary alicyclic amines) is 1. The number of aryl methyl sites for hydroxylation is 1. The van der Waals surface area contributed by atoms with E-state index in [1.165, 1.54) is 15.2 Å². The third-order valence-corrected chi connectivity index (χ3v) is 5.54. The van der Waals surface area contributed by atoms with Gasteiger partial charge >= 0.3 is 28.4 Å². The van der Waals surface area contributed by atoms with E-state index in [1.807, 2.05) is 11.8 Å². The van der Waals surface area contributed by atoms with Crippen molar-refractivity contribution in [1.82, 2.24) is 19.4 Å². The lowest BCUT2D eigenvalue weighted by atomic mass is 10.2. The minimum atomic E-state index is -5.08. The van der Waals surface area contributed by atoms with Crippen molar-refractivity contribution >= 4 is 28.0 Å². The first-order chi connectivity index (χ1) is 14.4. The Morgan fingerprint density at radius 3 is 2.25 bits per heavy atom. The number of likely N-dealkylation sites (N-methyl/N-ethyl adjacent to an activating group) is 1. The Balaban J connectivity index is 0.000000633. The van der Waals surface area contributed by atoms with E-state index in [4.69, 9.17) is 14.6 Å². The maximum Gasteiger partial charge on any atom is 0.490 e. The largest absolute Gasteiger partial charge is 0.490 e. The molecule has 1 fully saturated rings. The number of carbonyl (C=O) groups is 2. The van der Waals surface area contributed by atoms with Gasteiger partial charge in [-0.25, -0.2) is 18.6 Å². The summed E-state index contributed by atoms with van der Waals surface area (Å²) < 4.78 is 67.1. The second-order valence-corrected chi connectivity index (χ2v) is 9.69. The third kappa shape index (κ3) is 8.90. The van der Waals surface area contributed by atoms with Gasteiger partial charge in [-0.15, -0.1) is 0 Å². The molecule has 0 spiro atoms. The van der Waals surface area contributed by atoms with Crippen LogP contribution in [0.4, 0.5) is 23.7 Å². The van der Waals surface area contributed by atoms with Crippen LogP contribution >= 0.6 is 0 Å². The number of carboxylic acids is 1. The molecule has 1 aliphatic heterocycles. The monoisotopic (exact) mass is 487 g/mol. The molecular weight excluding hydrogens is 459 g/mol. The molecule has 1 aromatic heterocycles. The molecule has 0 unspecified atom stereocenters. The van der Waals surface area contributed by atoms with E-state index in [1.54, 1.807) is 34.0 Å². The zero-order valence-corrected chi connectivity index (χ0v) is 19.2. The first-order valence-corrected chi connectivity index (χ1v) is 10.9. The van der Waals surface area contributed by atoms with Crippen molar-refractivity contribution in [3.05, 3.63) is 12.4 Å². The lowest BCUT2D eigenvalue weighted by molar-refractivity contribution is -0.192. The standard InChI is InChI=1S/C15H27N5O4S.C2HF3O2/c1-15(2,3)24-14(21)17-25(22,23)20(13-9-16-19(5)10-13)11-12-7-6-8-18(12)4;3-2(4,5)1(6)7/h9-10,12H,6-8,11H2,1-5H3,(H,17,21);(H,6,7)/t12-;/m0./s1. The van der Waals surface area contributed by atoms with Gasteiger partial charge in [0.1, 0.15) is 5.60 Å². The van der Waals surface area contributed by atoms with Gasteiger partial charge in [-0.1, -0.05) is 0 Å². The van der Waals surface area contributed by atoms with Crippen LogP contribution in [0, 0.1) is 0 Å². The van der Waals surface area contributed by atoms with Crippen molar-refractivity contribution in [2.75, 3.05) is 24.4 Å². The molecule has 0 aromatic carbocycles. The number of aromatic nitrogens is 2. The van der Waals surface area contributed by atoms with Crippen LogP contribution in [-0.4, -0.2) is 78.2 Å². The van der Waals surface area contributed by atoms with Crippen LogP contribution in [0.25, 0.3) is 0 Å². The van der Waals surface area contributed by atoms with E-state index in [2.05, 4.69) is 10.00 Å². The van der Waals surface area contributed by atoms with E-state index >= 15 is 0 Å². The average molecular weight is 488 g/mol. The Labute approximate surface area is 184 Å². The number of anilines is 1. The van der Waals surface area contributed by atoms with E-state index in [-0.39, 0.29) is 12.6 Å². The van der Waals surface area contributed by atoms with Crippen molar-refractivity contribution in [3.63, 3.8) is 0 Å². The zero-order valence-electron chi connectivity index (χ0n) is 18.4. The smallest absolute Gasteiger partial charge is 0.475 e. The molecular formula is C17H28F3N5O6S. The second-order valence-electron chi connectivity index (χ2n) is 8.09. The quantitative estimate of drug-likeness (QED) is 0.641. The van der Waals surface area contributed by atoms with Crippen LogP contribution in [0.5, 0.6) is 0 Å². The van der Waals surface area contributed by atoms with Gasteiger partial charge in [-0.05, 0) is 47.2 Å². The van der Waals surface area contributed by atoms with E-state index in [9.17, 15) is 26.4 Å². The molecule has 0 aliphatic carbocycles. The number of rotatable bonds is 5. The maximum absolute atomic E-state index is 12.8. The van der Waals surface area contributed by atoms with Crippen LogP contribution in [-0.2, 0) is 26.8 Å². The van der Waals surface area contributed by atoms with Gasteiger partial charge in [-0.3, -0.25) is 4.68 Å². The first kappa shape index (κ1) is 27.5. The Bertz CT molecular complexity index is 897. The minimum absolute atomic E-state index is 0.0791. The van der Waals surface area contributed by atoms with E-state index in [0.717, 1.165) is 19.4 Å². The molecule has 184 valence electrons. The molecule has 0 radical (unpaired) electrons. The number of ether oxygens (including phenoxy) is 1. The highest BCUT2D eigenvalue weighted by Gasteiger charge is 2.38. The number of alkyl halides is 3. The highest BCUT2D eigenvalue weighted by atomic mass is 32.2. The van der Waals surface area contributed by atoms with Gasteiger partial charge in [0.2, 0.25) is 0 Å². The highest BCUT2D eigenvalue weighted by Crippen LogP contribution is 2.22. The number of halogens is 3. The summed E-state index contributed by atoms with van der Waals surface area (Å²) in [6.07, 6.45) is -1.11. The fraction of sp³-hybridized carbons (Fsp3) is 0.706. The molecule has 2 N–H and O–H groups in total. The molecule has 1 aromatic rings. The Hall–Kier alpha value is -2.55. The molecule has 1 amide bonds. The lowest BCUT2D eigenvalue weighted by Crippen LogP contribution is -2.49. The van der Waals surface area contributed by atoms with Crippen molar-refractivity contribution in [1.29, 1.82) is 0 Å². The number of carboxylic acid groups (broad SMARTS) is 1. The number of hydrogen-bond donors (Lipinski definition) is 2. The van der Waals surface area contributed by atoms with Crippen molar-refractivity contribution in [2.45, 2.75) is 51.4 Å². The predicted molar refractivity (Wildman–Crippen MR) is 108 cm³/mol. The normalized spacial score (nSPS) is 17.3. The molecule has 15 heteroatoms. The molecule has 2 heterocycles. The molecule has 2 rings (SSSR count). The van der Waals surface area contributed by atoms with Gasteiger partial charge in [-0.2, -0.15) is 26.7 Å². The highest BCUT2D eigenvalue weighted by molar-refractivity contribution is 7.91. The summed E-state index contributed by atoms with van der Waals surface area (Å²) in [5.74, 6) is -2.76. The SMILES string of the molecule is CN1CCC[C@H]1CN(c1cnn(C)c1)S(=O)(=O)NC(=O)OC(C)(C)C.O=C(O)C(F)(F)F. The molecule has 32 heavy (non-hydrogen) atoms. The molecule has 0 bridgehead atoms. The van der Waals surface area contributed by atoms with Gasteiger partial charge in [0, 0.05) is 19.3 Å². The van der Waals surface area contributed by atoms with Gasteiger partial charge < -0.3 is 14.7 Å². The zero-order chi connectivity index (χ0) is 24.9. The number of amides is 1. The number of hydrogen-bond acceptors (Lipinski definition) is 7. The van der Waals surface area contributed by atoms with Crippen LogP contribution in [0.1, 0.15) is 33.6 Å². The predicted octanol–water partition coefficient (Wildman–Crippen LogP) is 1.72. The van der Waals surface area contributed by atoms with Crippen LogP contribution < -0.4 is 9.03 Å². The maximum atomic E-state index is 12.8. The van der Waals surface area contributed by atoms with Gasteiger partial charge in [0.25, 0.3) is 0 Å². The second kappa shape index (κ2) is 10.4. The van der Waals surface area contributed by atoms with Crippen LogP contribution in [0.2, 0.25) is 0 Å². The number of nitrogens with one attached hydrogen (secondary N) is 1. The van der Waals surface area contributed by atoms with Crippen LogP contribution in [0.3, 0.4) is 0 Å². The van der Waals surface area contributed by atoms with Crippen molar-refractivity contribution in [2.24, 2.45) is 7.05 Å². The number of aliphatic carboxylic acids is 1. The summed E-state index contributed by atoms with van der Waals surface area (Å²) >= 11 is 0. The summed E-state index contributed by atoms with van der Waals surface area (Å²) in [5.41, 5.74) is -0.386. The minimum Gasteiger partial charge on any atom is -0.475 e. The third-order valence-electron chi connectivity index (χ3n) is 4.17. The van der Waals surface area contributed by atoms with Gasteiger partial charge in [0.15, 0.2) is 0 Å². The van der Waals surface area contributed by atoms with E-state index in [0.29, 0.717) is 5.69 Å². The van der Waals surface area contributed by atoms with Crippen molar-refractivity contribution in [3.8, 4) is 0 Å². The van der Waals surface area contributed by atoms with E-state index < -0.39 is 34.0 Å². The lowest BCUT2D eigenvalue weighted by Gasteiger charge is -2.29. The topological polar surface area (TPSA) is 134 Å². The Kier molecular flexibility index (Phi) is 8.91. The Morgan fingerprint density at radius 1 is 1.31 bits per heavy atom. The summed E-state index contributed by atoms with van der Waals surface area (Å²) in [6, 6.07) is 0.0791. The Morgan fingerprint density at radius 2 is 1.88 bits per heavy atom. The number of carbonyl (C=O) groups excluding carboxylic acids is 1. The molecule has 11 nitrogen and oxygen atoms in total. The first-order valence-electron chi connectivity index (χ1n) is 9.45. The summed E-state index contributed by atoms with van der Waals surface area (Å²) in [7, 11) is -0.445. The molecule has 1 aliphatic rings. The van der Waals surface area contributed by atoms with Crippen molar-refractivity contribution < 1.29 is 41.0 Å².